The molecule has 2 N–H and O–H groups in total. The van der Waals surface area contributed by atoms with Gasteiger partial charge in [0.05, 0.1) is 5.00 Å². The van der Waals surface area contributed by atoms with Gasteiger partial charge in [-0.15, -0.1) is 11.3 Å². The van der Waals surface area contributed by atoms with Gasteiger partial charge in [0, 0.05) is 5.92 Å². The van der Waals surface area contributed by atoms with E-state index in [4.69, 9.17) is 5.11 Å². The molecular weight excluding hydrogens is 214 g/mol. The minimum absolute atomic E-state index is 0.0552. The Kier molecular flexibility index (Phi) is 3.85. The fourth-order valence-electron chi connectivity index (χ4n) is 0.950. The molecule has 1 heterocycles. The minimum atomic E-state index is -0.968. The van der Waals surface area contributed by atoms with Crippen LogP contribution in [-0.4, -0.2) is 17.0 Å². The highest BCUT2D eigenvalue weighted by molar-refractivity contribution is 7.18. The number of hydrogen-bond donors (Lipinski definition) is 2. The van der Waals surface area contributed by atoms with Crippen LogP contribution in [0.25, 0.3) is 0 Å². The summed E-state index contributed by atoms with van der Waals surface area (Å²) in [6.07, 6.45) is 0.767. The summed E-state index contributed by atoms with van der Waals surface area (Å²) in [5.74, 6) is -1.10. The first-order valence-corrected chi connectivity index (χ1v) is 5.50. The summed E-state index contributed by atoms with van der Waals surface area (Å²) in [5, 5.41) is 12.0. The van der Waals surface area contributed by atoms with Crippen LogP contribution in [-0.2, 0) is 4.79 Å². The van der Waals surface area contributed by atoms with Crippen LogP contribution in [0.1, 0.15) is 29.9 Å². The number of carboxylic acid groups (broad SMARTS) is 1. The van der Waals surface area contributed by atoms with E-state index in [0.717, 1.165) is 17.8 Å². The number of carbonyl (C=O) groups is 2. The van der Waals surface area contributed by atoms with E-state index < -0.39 is 5.97 Å². The highest BCUT2D eigenvalue weighted by Crippen LogP contribution is 2.22. The zero-order valence-corrected chi connectivity index (χ0v) is 9.43. The van der Waals surface area contributed by atoms with Crippen LogP contribution in [0.5, 0.6) is 0 Å². The van der Waals surface area contributed by atoms with Crippen LogP contribution >= 0.6 is 11.3 Å². The molecule has 5 heteroatoms. The van der Waals surface area contributed by atoms with Gasteiger partial charge in [0.25, 0.3) is 0 Å². The highest BCUT2D eigenvalue weighted by atomic mass is 32.1. The van der Waals surface area contributed by atoms with Gasteiger partial charge in [-0.3, -0.25) is 4.79 Å². The second-order valence-electron chi connectivity index (χ2n) is 3.27. The van der Waals surface area contributed by atoms with Gasteiger partial charge < -0.3 is 10.4 Å². The van der Waals surface area contributed by atoms with Gasteiger partial charge in [0.2, 0.25) is 5.91 Å². The molecule has 0 aliphatic heterocycles. The van der Waals surface area contributed by atoms with Crippen molar-refractivity contribution in [1.29, 1.82) is 0 Å². The molecule has 0 saturated heterocycles. The van der Waals surface area contributed by atoms with Crippen molar-refractivity contribution in [2.45, 2.75) is 20.3 Å². The van der Waals surface area contributed by atoms with Gasteiger partial charge in [-0.1, -0.05) is 13.8 Å². The van der Waals surface area contributed by atoms with Gasteiger partial charge in [-0.05, 0) is 18.6 Å². The largest absolute Gasteiger partial charge is 0.477 e. The average molecular weight is 227 g/mol. The SMILES string of the molecule is CCC(C)C(=O)Nc1ccc(C(=O)O)s1. The maximum Gasteiger partial charge on any atom is 0.345 e. The molecule has 1 atom stereocenters. The van der Waals surface area contributed by atoms with Crippen molar-refractivity contribution in [3.63, 3.8) is 0 Å². The minimum Gasteiger partial charge on any atom is -0.477 e. The second kappa shape index (κ2) is 4.93. The Morgan fingerprint density at radius 2 is 2.20 bits per heavy atom. The van der Waals surface area contributed by atoms with Crippen molar-refractivity contribution in [3.05, 3.63) is 17.0 Å². The summed E-state index contributed by atoms with van der Waals surface area (Å²) in [6.45, 7) is 3.77. The predicted octanol–water partition coefficient (Wildman–Crippen LogP) is 2.43. The third-order valence-corrected chi connectivity index (χ3v) is 3.11. The quantitative estimate of drug-likeness (QED) is 0.830. The average Bonchev–Trinajstić information content (AvgIpc) is 2.65. The zero-order valence-electron chi connectivity index (χ0n) is 8.61. The van der Waals surface area contributed by atoms with E-state index in [-0.39, 0.29) is 16.7 Å². The lowest BCUT2D eigenvalue weighted by atomic mass is 10.1. The lowest BCUT2D eigenvalue weighted by molar-refractivity contribution is -0.119. The van der Waals surface area contributed by atoms with Crippen LogP contribution in [0.4, 0.5) is 5.00 Å². The molecule has 15 heavy (non-hydrogen) atoms. The lowest BCUT2D eigenvalue weighted by Crippen LogP contribution is -2.18. The van der Waals surface area contributed by atoms with Crippen LogP contribution in [0, 0.1) is 5.92 Å². The number of anilines is 1. The molecule has 1 unspecified atom stereocenters. The smallest absolute Gasteiger partial charge is 0.345 e. The number of carboxylic acids is 1. The van der Waals surface area contributed by atoms with Crippen LogP contribution in [0.2, 0.25) is 0 Å². The predicted molar refractivity (Wildman–Crippen MR) is 59.4 cm³/mol. The summed E-state index contributed by atoms with van der Waals surface area (Å²) in [6, 6.07) is 3.09. The number of amides is 1. The van der Waals surface area contributed by atoms with E-state index in [1.807, 2.05) is 13.8 Å². The van der Waals surface area contributed by atoms with E-state index in [2.05, 4.69) is 5.32 Å². The molecule has 1 rings (SSSR count). The Morgan fingerprint density at radius 3 is 2.67 bits per heavy atom. The number of aromatic carboxylic acids is 1. The number of carbonyl (C=O) groups excluding carboxylic acids is 1. The van der Waals surface area contributed by atoms with E-state index >= 15 is 0 Å². The molecule has 0 spiro atoms. The van der Waals surface area contributed by atoms with Gasteiger partial charge in [0.15, 0.2) is 0 Å². The molecule has 4 nitrogen and oxygen atoms in total. The maximum atomic E-state index is 11.5. The summed E-state index contributed by atoms with van der Waals surface area (Å²) in [5.41, 5.74) is 0. The standard InChI is InChI=1S/C10H13NO3S/c1-3-6(2)9(12)11-8-5-4-7(15-8)10(13)14/h4-6H,3H2,1-2H3,(H,11,12)(H,13,14). The Bertz CT molecular complexity index is 372. The summed E-state index contributed by atoms with van der Waals surface area (Å²) in [4.78, 5) is 22.3. The van der Waals surface area contributed by atoms with Crippen molar-refractivity contribution >= 4 is 28.2 Å². The van der Waals surface area contributed by atoms with Crippen molar-refractivity contribution in [3.8, 4) is 0 Å². The third kappa shape index (κ3) is 3.06. The molecule has 0 saturated carbocycles. The molecular formula is C10H13NO3S. The topological polar surface area (TPSA) is 66.4 Å². The number of rotatable bonds is 4. The molecule has 1 aromatic heterocycles. The Balaban J connectivity index is 2.65. The molecule has 0 aliphatic rings. The first-order chi connectivity index (χ1) is 7.04. The maximum absolute atomic E-state index is 11.5. The van der Waals surface area contributed by atoms with Gasteiger partial charge in [0.1, 0.15) is 4.88 Å². The van der Waals surface area contributed by atoms with Crippen molar-refractivity contribution in [2.75, 3.05) is 5.32 Å². The van der Waals surface area contributed by atoms with Crippen LogP contribution < -0.4 is 5.32 Å². The normalized spacial score (nSPS) is 12.1. The second-order valence-corrected chi connectivity index (χ2v) is 4.35. The molecule has 0 radical (unpaired) electrons. The van der Waals surface area contributed by atoms with Crippen molar-refractivity contribution < 1.29 is 14.7 Å². The third-order valence-electron chi connectivity index (χ3n) is 2.12. The summed E-state index contributed by atoms with van der Waals surface area (Å²) < 4.78 is 0. The Labute approximate surface area is 91.9 Å². The van der Waals surface area contributed by atoms with E-state index in [1.54, 1.807) is 6.07 Å². The van der Waals surface area contributed by atoms with Crippen LogP contribution in [0.3, 0.4) is 0 Å². The Morgan fingerprint density at radius 1 is 1.53 bits per heavy atom. The van der Waals surface area contributed by atoms with E-state index in [0.29, 0.717) is 5.00 Å². The lowest BCUT2D eigenvalue weighted by Gasteiger charge is -2.07. The van der Waals surface area contributed by atoms with E-state index in [9.17, 15) is 9.59 Å². The van der Waals surface area contributed by atoms with Crippen molar-refractivity contribution in [1.82, 2.24) is 0 Å². The molecule has 0 fully saturated rings. The van der Waals surface area contributed by atoms with E-state index in [1.165, 1.54) is 6.07 Å². The Hall–Kier alpha value is -1.36. The first kappa shape index (κ1) is 11.7. The summed E-state index contributed by atoms with van der Waals surface area (Å²) in [7, 11) is 0. The number of nitrogens with one attached hydrogen (secondary N) is 1. The van der Waals surface area contributed by atoms with Gasteiger partial charge in [-0.25, -0.2) is 4.79 Å². The molecule has 0 bridgehead atoms. The molecule has 1 aromatic rings. The highest BCUT2D eigenvalue weighted by Gasteiger charge is 2.13. The van der Waals surface area contributed by atoms with Gasteiger partial charge in [-0.2, -0.15) is 0 Å². The molecule has 0 aliphatic carbocycles. The van der Waals surface area contributed by atoms with Crippen molar-refractivity contribution in [2.24, 2.45) is 5.92 Å². The molecule has 82 valence electrons. The molecule has 0 aromatic carbocycles. The number of thiophene rings is 1. The fourth-order valence-corrected chi connectivity index (χ4v) is 1.70. The van der Waals surface area contributed by atoms with Crippen LogP contribution in [0.15, 0.2) is 12.1 Å². The fraction of sp³-hybridized carbons (Fsp3) is 0.400. The first-order valence-electron chi connectivity index (χ1n) is 4.68. The molecule has 1 amide bonds. The summed E-state index contributed by atoms with van der Waals surface area (Å²) >= 11 is 1.07. The monoisotopic (exact) mass is 227 g/mol. The van der Waals surface area contributed by atoms with Gasteiger partial charge >= 0.3 is 5.97 Å². The zero-order chi connectivity index (χ0) is 11.4. The number of hydrogen-bond acceptors (Lipinski definition) is 3.